The Balaban J connectivity index is 2.14. The molecule has 0 aromatic heterocycles. The largest absolute Gasteiger partial charge is 0.228 e. The molecule has 1 aliphatic rings. The number of hydrogen-bond acceptors (Lipinski definition) is 3. The molecule has 2 unspecified atom stereocenters. The van der Waals surface area contributed by atoms with Gasteiger partial charge in [0.25, 0.3) is 0 Å². The van der Waals surface area contributed by atoms with Crippen LogP contribution in [0.1, 0.15) is 26.3 Å². The van der Waals surface area contributed by atoms with E-state index in [1.165, 1.54) is 22.2 Å². The van der Waals surface area contributed by atoms with E-state index < -0.39 is 9.84 Å². The van der Waals surface area contributed by atoms with Gasteiger partial charge >= 0.3 is 0 Å². The number of sulfone groups is 1. The zero-order chi connectivity index (χ0) is 15.5. The first-order chi connectivity index (χ1) is 9.87. The summed E-state index contributed by atoms with van der Waals surface area (Å²) >= 11 is 2.04. The molecule has 1 aromatic rings. The predicted octanol–water partition coefficient (Wildman–Crippen LogP) is 3.75. The van der Waals surface area contributed by atoms with Crippen LogP contribution in [0.3, 0.4) is 0 Å². The van der Waals surface area contributed by atoms with Crippen molar-refractivity contribution in [2.45, 2.75) is 36.7 Å². The molecule has 21 heavy (non-hydrogen) atoms. The van der Waals surface area contributed by atoms with Gasteiger partial charge < -0.3 is 0 Å². The minimum Gasteiger partial charge on any atom is -0.228 e. The lowest BCUT2D eigenvalue weighted by Crippen LogP contribution is -2.17. The molecule has 1 heterocycles. The summed E-state index contributed by atoms with van der Waals surface area (Å²) in [4.78, 5) is 1.38. The predicted molar refractivity (Wildman–Crippen MR) is 97.7 cm³/mol. The quantitative estimate of drug-likeness (QED) is 0.825. The number of benzene rings is 1. The second-order valence-corrected chi connectivity index (χ2v) is 12.3. The minimum atomic E-state index is -2.99. The van der Waals surface area contributed by atoms with Crippen molar-refractivity contribution in [1.82, 2.24) is 0 Å². The average Bonchev–Trinajstić information content (AvgIpc) is 2.37. The summed E-state index contributed by atoms with van der Waals surface area (Å²) in [5.74, 6) is 4.40. The molecular formula is C16H26O2S3. The van der Waals surface area contributed by atoms with Gasteiger partial charge in [0, 0.05) is 11.5 Å². The highest BCUT2D eigenvalue weighted by atomic mass is 32.2. The van der Waals surface area contributed by atoms with Crippen LogP contribution in [-0.4, -0.2) is 36.7 Å². The first-order valence-electron chi connectivity index (χ1n) is 7.51. The molecule has 1 aromatic carbocycles. The molecule has 2 atom stereocenters. The third-order valence-corrected chi connectivity index (χ3v) is 10.2. The smallest absolute Gasteiger partial charge is 0.154 e. The molecular weight excluding hydrogens is 320 g/mol. The maximum absolute atomic E-state index is 12.2. The standard InChI is InChI=1S/C16H26O2S3/c1-13(2)11-21(17,18)12-15-5-4-6-16(9-15)20-8-7-19-10-14(20)3/h4-6,9,13-14,20H,7-8,10-12H2,1-3H3. The number of rotatable bonds is 5. The maximum Gasteiger partial charge on any atom is 0.154 e. The highest BCUT2D eigenvalue weighted by Crippen LogP contribution is 2.45. The highest BCUT2D eigenvalue weighted by molar-refractivity contribution is 8.19. The lowest BCUT2D eigenvalue weighted by Gasteiger charge is -2.33. The normalized spacial score (nSPS) is 25.1. The average molecular weight is 347 g/mol. The van der Waals surface area contributed by atoms with Crippen molar-refractivity contribution in [1.29, 1.82) is 0 Å². The van der Waals surface area contributed by atoms with Crippen LogP contribution in [0, 0.1) is 5.92 Å². The Labute approximate surface area is 136 Å². The Kier molecular flexibility index (Phi) is 6.09. The fourth-order valence-corrected chi connectivity index (χ4v) is 9.24. The van der Waals surface area contributed by atoms with Crippen LogP contribution in [0.15, 0.2) is 29.2 Å². The lowest BCUT2D eigenvalue weighted by atomic mass is 10.2. The Hall–Kier alpha value is -0.130. The Morgan fingerprint density at radius 3 is 2.81 bits per heavy atom. The van der Waals surface area contributed by atoms with Gasteiger partial charge in [-0.1, -0.05) is 39.0 Å². The van der Waals surface area contributed by atoms with Crippen molar-refractivity contribution in [2.75, 3.05) is 23.0 Å². The van der Waals surface area contributed by atoms with E-state index >= 15 is 0 Å². The molecule has 0 saturated carbocycles. The third kappa shape index (κ3) is 5.22. The van der Waals surface area contributed by atoms with E-state index in [1.807, 2.05) is 37.7 Å². The van der Waals surface area contributed by atoms with Crippen LogP contribution in [0.5, 0.6) is 0 Å². The van der Waals surface area contributed by atoms with Gasteiger partial charge in [0.05, 0.1) is 11.5 Å². The van der Waals surface area contributed by atoms with Crippen molar-refractivity contribution in [3.05, 3.63) is 29.8 Å². The van der Waals surface area contributed by atoms with E-state index in [2.05, 4.69) is 19.1 Å². The molecule has 0 amide bonds. The van der Waals surface area contributed by atoms with Crippen LogP contribution in [0.25, 0.3) is 0 Å². The number of thiol groups is 1. The molecule has 1 fully saturated rings. The fraction of sp³-hybridized carbons (Fsp3) is 0.625. The summed E-state index contributed by atoms with van der Waals surface area (Å²) in [6.45, 7) is 6.25. The molecule has 1 saturated heterocycles. The summed E-state index contributed by atoms with van der Waals surface area (Å²) in [7, 11) is -3.11. The number of hydrogen-bond donors (Lipinski definition) is 1. The van der Waals surface area contributed by atoms with Crippen molar-refractivity contribution < 1.29 is 8.42 Å². The Morgan fingerprint density at radius 2 is 2.14 bits per heavy atom. The van der Waals surface area contributed by atoms with Gasteiger partial charge in [-0.25, -0.2) is 19.3 Å². The molecule has 2 nitrogen and oxygen atoms in total. The van der Waals surface area contributed by atoms with Crippen molar-refractivity contribution >= 4 is 32.5 Å². The monoisotopic (exact) mass is 346 g/mol. The SMILES string of the molecule is CC(C)CS(=O)(=O)Cc1cccc([SH]2CCSCC2C)c1. The third-order valence-electron chi connectivity index (χ3n) is 3.58. The van der Waals surface area contributed by atoms with Gasteiger partial charge in [-0.2, -0.15) is 11.8 Å². The van der Waals surface area contributed by atoms with E-state index in [4.69, 9.17) is 0 Å². The van der Waals surface area contributed by atoms with Crippen LogP contribution in [-0.2, 0) is 15.6 Å². The van der Waals surface area contributed by atoms with Crippen molar-refractivity contribution in [2.24, 2.45) is 5.92 Å². The summed E-state index contributed by atoms with van der Waals surface area (Å²) in [5.41, 5.74) is 0.959. The maximum atomic E-state index is 12.2. The van der Waals surface area contributed by atoms with E-state index in [-0.39, 0.29) is 28.3 Å². The topological polar surface area (TPSA) is 34.1 Å². The van der Waals surface area contributed by atoms with Crippen LogP contribution >= 0.6 is 22.7 Å². The summed E-state index contributed by atoms with van der Waals surface area (Å²) in [6.07, 6.45) is 0. The first-order valence-corrected chi connectivity index (χ1v) is 12.1. The highest BCUT2D eigenvalue weighted by Gasteiger charge is 2.20. The van der Waals surface area contributed by atoms with Crippen LogP contribution in [0.4, 0.5) is 0 Å². The lowest BCUT2D eigenvalue weighted by molar-refractivity contribution is 0.581. The Bertz CT molecular complexity index is 567. The van der Waals surface area contributed by atoms with Crippen LogP contribution in [0.2, 0.25) is 0 Å². The molecule has 2 rings (SSSR count). The van der Waals surface area contributed by atoms with Gasteiger partial charge in [-0.15, -0.1) is 0 Å². The Morgan fingerprint density at radius 1 is 1.38 bits per heavy atom. The molecule has 0 N–H and O–H groups in total. The summed E-state index contributed by atoms with van der Waals surface area (Å²) in [6, 6.07) is 8.33. The fourth-order valence-electron chi connectivity index (χ4n) is 2.76. The van der Waals surface area contributed by atoms with Gasteiger partial charge in [-0.3, -0.25) is 0 Å². The minimum absolute atomic E-state index is 0.118. The molecule has 0 spiro atoms. The molecule has 0 bridgehead atoms. The van der Waals surface area contributed by atoms with E-state index in [0.29, 0.717) is 0 Å². The van der Waals surface area contributed by atoms with Crippen LogP contribution < -0.4 is 0 Å². The van der Waals surface area contributed by atoms with Crippen molar-refractivity contribution in [3.63, 3.8) is 0 Å². The van der Waals surface area contributed by atoms with Gasteiger partial charge in [0.2, 0.25) is 0 Å². The molecule has 0 aliphatic carbocycles. The number of thioether (sulfide) groups is 1. The van der Waals surface area contributed by atoms with E-state index in [9.17, 15) is 8.42 Å². The molecule has 5 heteroatoms. The second kappa shape index (κ2) is 7.42. The zero-order valence-corrected chi connectivity index (χ0v) is 15.6. The summed E-state index contributed by atoms with van der Waals surface area (Å²) < 4.78 is 24.3. The zero-order valence-electron chi connectivity index (χ0n) is 13.1. The van der Waals surface area contributed by atoms with Gasteiger partial charge in [0.1, 0.15) is 0 Å². The van der Waals surface area contributed by atoms with Gasteiger partial charge in [0.15, 0.2) is 9.84 Å². The summed E-state index contributed by atoms with van der Waals surface area (Å²) in [5, 5.41) is 0.737. The van der Waals surface area contributed by atoms with Crippen molar-refractivity contribution in [3.8, 4) is 0 Å². The molecule has 1 aliphatic heterocycles. The molecule has 0 radical (unpaired) electrons. The molecule has 120 valence electrons. The van der Waals surface area contributed by atoms with Gasteiger partial charge in [-0.05, 0) is 33.4 Å². The first kappa shape index (κ1) is 17.2. The van der Waals surface area contributed by atoms with E-state index in [0.717, 1.165) is 10.8 Å². The second-order valence-electron chi connectivity index (χ2n) is 6.24. The van der Waals surface area contributed by atoms with E-state index in [1.54, 1.807) is 0 Å².